The van der Waals surface area contributed by atoms with Crippen LogP contribution in [0.2, 0.25) is 0 Å². The molecule has 4 nitrogen and oxygen atoms in total. The van der Waals surface area contributed by atoms with Crippen LogP contribution in [0.15, 0.2) is 10.9 Å². The highest BCUT2D eigenvalue weighted by molar-refractivity contribution is 5.01. The lowest BCUT2D eigenvalue weighted by Gasteiger charge is -2.24. The van der Waals surface area contributed by atoms with E-state index in [1.54, 1.807) is 0 Å². The molecule has 0 aromatic carbocycles. The Labute approximate surface area is 78.5 Å². The summed E-state index contributed by atoms with van der Waals surface area (Å²) in [7, 11) is 0. The Hall–Kier alpha value is -0.900. The second kappa shape index (κ2) is 4.37. The maximum absolute atomic E-state index is 6.20. The van der Waals surface area contributed by atoms with E-state index in [1.165, 1.54) is 6.39 Å². The average molecular weight is 183 g/mol. The second-order valence-corrected chi connectivity index (χ2v) is 3.41. The van der Waals surface area contributed by atoms with Crippen LogP contribution in [-0.2, 0) is 5.54 Å². The average Bonchev–Trinajstić information content (AvgIpc) is 2.57. The number of aromatic nitrogens is 2. The second-order valence-electron chi connectivity index (χ2n) is 3.41. The van der Waals surface area contributed by atoms with Gasteiger partial charge in [0.15, 0.2) is 5.82 Å². The van der Waals surface area contributed by atoms with Crippen LogP contribution in [0.5, 0.6) is 0 Å². The molecule has 0 aliphatic carbocycles. The van der Waals surface area contributed by atoms with Crippen molar-refractivity contribution in [2.24, 2.45) is 5.73 Å². The number of hydrogen-bond donors (Lipinski definition) is 1. The van der Waals surface area contributed by atoms with Crippen molar-refractivity contribution in [1.29, 1.82) is 0 Å². The fraction of sp³-hybridized carbons (Fsp3) is 0.778. The van der Waals surface area contributed by atoms with Gasteiger partial charge in [-0.15, -0.1) is 0 Å². The first-order chi connectivity index (χ1) is 6.23. The topological polar surface area (TPSA) is 64.9 Å². The Kier molecular flexibility index (Phi) is 3.42. The lowest BCUT2D eigenvalue weighted by Crippen LogP contribution is -2.37. The van der Waals surface area contributed by atoms with Crippen molar-refractivity contribution in [2.75, 3.05) is 0 Å². The summed E-state index contributed by atoms with van der Waals surface area (Å²) < 4.78 is 4.71. The van der Waals surface area contributed by atoms with Crippen molar-refractivity contribution in [3.05, 3.63) is 12.2 Å². The molecule has 4 heteroatoms. The van der Waals surface area contributed by atoms with Crippen molar-refractivity contribution in [3.63, 3.8) is 0 Å². The molecule has 2 N–H and O–H groups in total. The van der Waals surface area contributed by atoms with Crippen molar-refractivity contribution < 1.29 is 4.52 Å². The molecule has 74 valence electrons. The molecule has 0 bridgehead atoms. The molecular weight excluding hydrogens is 166 g/mol. The molecule has 13 heavy (non-hydrogen) atoms. The number of nitrogens with two attached hydrogens (primary N) is 1. The number of rotatable bonds is 5. The predicted octanol–water partition coefficient (Wildman–Crippen LogP) is 1.82. The van der Waals surface area contributed by atoms with Crippen molar-refractivity contribution in [3.8, 4) is 0 Å². The summed E-state index contributed by atoms with van der Waals surface area (Å²) in [6.45, 7) is 4.22. The Bertz CT molecular complexity index is 227. The van der Waals surface area contributed by atoms with Crippen LogP contribution in [0.4, 0.5) is 0 Å². The third kappa shape index (κ3) is 2.28. The Morgan fingerprint density at radius 3 is 2.38 bits per heavy atom. The normalized spacial score (nSPS) is 11.9. The van der Waals surface area contributed by atoms with Gasteiger partial charge in [0.1, 0.15) is 0 Å². The van der Waals surface area contributed by atoms with Crippen molar-refractivity contribution in [1.82, 2.24) is 10.1 Å². The molecule has 0 spiro atoms. The minimum Gasteiger partial charge on any atom is -0.343 e. The quantitative estimate of drug-likeness (QED) is 0.756. The molecule has 0 aliphatic rings. The van der Waals surface area contributed by atoms with Gasteiger partial charge in [-0.3, -0.25) is 0 Å². The Morgan fingerprint density at radius 1 is 1.38 bits per heavy atom. The minimum absolute atomic E-state index is 0.392. The molecule has 1 rings (SSSR count). The van der Waals surface area contributed by atoms with Gasteiger partial charge in [-0.05, 0) is 12.8 Å². The maximum atomic E-state index is 6.20. The van der Waals surface area contributed by atoms with E-state index >= 15 is 0 Å². The van der Waals surface area contributed by atoms with Gasteiger partial charge in [0.25, 0.3) is 0 Å². The van der Waals surface area contributed by atoms with Crippen molar-refractivity contribution in [2.45, 2.75) is 45.1 Å². The first-order valence-corrected chi connectivity index (χ1v) is 4.78. The Balaban J connectivity index is 2.78. The van der Waals surface area contributed by atoms with Gasteiger partial charge in [-0.1, -0.05) is 31.8 Å². The van der Waals surface area contributed by atoms with Gasteiger partial charge in [0.05, 0.1) is 5.54 Å². The van der Waals surface area contributed by atoms with Crippen LogP contribution >= 0.6 is 0 Å². The standard InChI is InChI=1S/C9H17N3O/c1-3-5-9(10,6-4-2)8-11-7-13-12-8/h7H,3-6,10H2,1-2H3. The van der Waals surface area contributed by atoms with Crippen LogP contribution in [0, 0.1) is 0 Å². The van der Waals surface area contributed by atoms with Crippen LogP contribution in [0.1, 0.15) is 45.4 Å². The van der Waals surface area contributed by atoms with Crippen LogP contribution < -0.4 is 5.73 Å². The van der Waals surface area contributed by atoms with E-state index in [-0.39, 0.29) is 0 Å². The van der Waals surface area contributed by atoms with Crippen molar-refractivity contribution >= 4 is 0 Å². The molecule has 0 amide bonds. The zero-order chi connectivity index (χ0) is 9.73. The highest BCUT2D eigenvalue weighted by Gasteiger charge is 2.29. The Morgan fingerprint density at radius 2 is 2.00 bits per heavy atom. The molecular formula is C9H17N3O. The third-order valence-corrected chi connectivity index (χ3v) is 2.20. The smallest absolute Gasteiger partial charge is 0.213 e. The van der Waals surface area contributed by atoms with Gasteiger partial charge in [0, 0.05) is 0 Å². The van der Waals surface area contributed by atoms with Gasteiger partial charge in [0.2, 0.25) is 6.39 Å². The lowest BCUT2D eigenvalue weighted by atomic mass is 9.89. The first kappa shape index (κ1) is 10.2. The van der Waals surface area contributed by atoms with E-state index in [9.17, 15) is 0 Å². The van der Waals surface area contributed by atoms with E-state index in [1.807, 2.05) is 0 Å². The molecule has 0 saturated carbocycles. The molecule has 0 aliphatic heterocycles. The summed E-state index contributed by atoms with van der Waals surface area (Å²) in [6, 6.07) is 0. The minimum atomic E-state index is -0.392. The summed E-state index contributed by atoms with van der Waals surface area (Å²) in [5.41, 5.74) is 5.81. The molecule has 1 aromatic rings. The summed E-state index contributed by atoms with van der Waals surface area (Å²) in [6.07, 6.45) is 5.21. The molecule has 0 fully saturated rings. The van der Waals surface area contributed by atoms with E-state index in [0.29, 0.717) is 5.82 Å². The predicted molar refractivity (Wildman–Crippen MR) is 50.0 cm³/mol. The maximum Gasteiger partial charge on any atom is 0.213 e. The third-order valence-electron chi connectivity index (χ3n) is 2.20. The molecule has 1 aromatic heterocycles. The summed E-state index contributed by atoms with van der Waals surface area (Å²) in [4.78, 5) is 4.02. The monoisotopic (exact) mass is 183 g/mol. The summed E-state index contributed by atoms with van der Waals surface area (Å²) in [5, 5.41) is 3.81. The highest BCUT2D eigenvalue weighted by atomic mass is 16.5. The van der Waals surface area contributed by atoms with Gasteiger partial charge in [-0.2, -0.15) is 4.98 Å². The summed E-state index contributed by atoms with van der Waals surface area (Å²) in [5.74, 6) is 0.635. The molecule has 1 heterocycles. The van der Waals surface area contributed by atoms with Gasteiger partial charge in [-0.25, -0.2) is 0 Å². The van der Waals surface area contributed by atoms with Crippen LogP contribution in [0.3, 0.4) is 0 Å². The molecule has 0 saturated heterocycles. The first-order valence-electron chi connectivity index (χ1n) is 4.78. The van der Waals surface area contributed by atoms with Crippen LogP contribution in [-0.4, -0.2) is 10.1 Å². The van der Waals surface area contributed by atoms with E-state index in [2.05, 4.69) is 24.0 Å². The van der Waals surface area contributed by atoms with E-state index in [4.69, 9.17) is 10.3 Å². The zero-order valence-electron chi connectivity index (χ0n) is 8.29. The van der Waals surface area contributed by atoms with E-state index < -0.39 is 5.54 Å². The largest absolute Gasteiger partial charge is 0.343 e. The molecule has 0 radical (unpaired) electrons. The molecule has 0 atom stereocenters. The zero-order valence-corrected chi connectivity index (χ0v) is 8.29. The van der Waals surface area contributed by atoms with Gasteiger partial charge < -0.3 is 10.3 Å². The number of hydrogen-bond acceptors (Lipinski definition) is 4. The fourth-order valence-corrected chi connectivity index (χ4v) is 1.63. The number of nitrogens with zero attached hydrogens (tertiary/aromatic N) is 2. The van der Waals surface area contributed by atoms with Gasteiger partial charge >= 0.3 is 0 Å². The lowest BCUT2D eigenvalue weighted by molar-refractivity contribution is 0.323. The fourth-order valence-electron chi connectivity index (χ4n) is 1.63. The SMILES string of the molecule is CCCC(N)(CCC)c1ncon1. The van der Waals surface area contributed by atoms with Crippen LogP contribution in [0.25, 0.3) is 0 Å². The highest BCUT2D eigenvalue weighted by Crippen LogP contribution is 2.25. The van der Waals surface area contributed by atoms with E-state index in [0.717, 1.165) is 25.7 Å². The summed E-state index contributed by atoms with van der Waals surface area (Å²) >= 11 is 0. The molecule has 0 unspecified atom stereocenters.